The van der Waals surface area contributed by atoms with E-state index in [1.54, 1.807) is 24.4 Å². The first-order valence-corrected chi connectivity index (χ1v) is 12.7. The van der Waals surface area contributed by atoms with E-state index >= 15 is 0 Å². The number of aromatic amines is 1. The zero-order chi connectivity index (χ0) is 24.6. The minimum atomic E-state index is -2.17. The van der Waals surface area contributed by atoms with E-state index in [1.807, 2.05) is 50.4 Å². The summed E-state index contributed by atoms with van der Waals surface area (Å²) in [5, 5.41) is 13.7. The van der Waals surface area contributed by atoms with Gasteiger partial charge in [0, 0.05) is 34.6 Å². The molecule has 1 atom stereocenters. The standard InChI is InChI=1S/C25H29N7O2S/c1-3-34-21-11-9-18(10-12-21)23-16-28-25(30-20-7-4-8-22(14-20)35(26)33)31-24(23)27-13-5-6-19-15-29-32-17(19)2/h4,7-12,14-16,26,35H,3,5-6,13H2,1-2H3,(H,29,32)(H2,27,28,30,31). The highest BCUT2D eigenvalue weighted by molar-refractivity contribution is 7.73. The normalized spacial score (nSPS) is 11.7. The fraction of sp³-hybridized carbons (Fsp3) is 0.240. The van der Waals surface area contributed by atoms with Crippen LogP contribution in [0.5, 0.6) is 5.75 Å². The van der Waals surface area contributed by atoms with Crippen molar-refractivity contribution < 1.29 is 8.95 Å². The van der Waals surface area contributed by atoms with Gasteiger partial charge in [0.1, 0.15) is 11.6 Å². The summed E-state index contributed by atoms with van der Waals surface area (Å²) in [4.78, 5) is 9.67. The molecular weight excluding hydrogens is 462 g/mol. The fourth-order valence-electron chi connectivity index (χ4n) is 3.64. The van der Waals surface area contributed by atoms with Crippen LogP contribution < -0.4 is 15.4 Å². The van der Waals surface area contributed by atoms with Crippen molar-refractivity contribution in [1.82, 2.24) is 20.2 Å². The molecule has 182 valence electrons. The molecule has 4 rings (SSSR count). The minimum absolute atomic E-state index is 0.408. The molecule has 2 aromatic heterocycles. The van der Waals surface area contributed by atoms with Gasteiger partial charge in [0.15, 0.2) is 0 Å². The molecule has 0 aliphatic heterocycles. The van der Waals surface area contributed by atoms with Crippen molar-refractivity contribution in [2.24, 2.45) is 0 Å². The van der Waals surface area contributed by atoms with Gasteiger partial charge in [-0.2, -0.15) is 10.1 Å². The summed E-state index contributed by atoms with van der Waals surface area (Å²) in [5.41, 5.74) is 4.82. The summed E-state index contributed by atoms with van der Waals surface area (Å²) < 4.78 is 24.6. The summed E-state index contributed by atoms with van der Waals surface area (Å²) in [5.74, 6) is 1.93. The SMILES string of the molecule is CCOc1ccc(-c2cnc(Nc3cccc([SH](=N)=O)c3)nc2NCCCc2cn[nH]c2C)cc1. The van der Waals surface area contributed by atoms with E-state index in [1.165, 1.54) is 5.56 Å². The Bertz CT molecular complexity index is 1340. The third-order valence-corrected chi connectivity index (χ3v) is 6.20. The van der Waals surface area contributed by atoms with Gasteiger partial charge in [-0.1, -0.05) is 18.2 Å². The van der Waals surface area contributed by atoms with Gasteiger partial charge in [-0.05, 0) is 68.1 Å². The van der Waals surface area contributed by atoms with Crippen LogP contribution in [0, 0.1) is 11.7 Å². The first kappa shape index (κ1) is 24.2. The fourth-order valence-corrected chi connectivity index (χ4v) is 4.12. The summed E-state index contributed by atoms with van der Waals surface area (Å²) >= 11 is 0. The Balaban J connectivity index is 1.56. The van der Waals surface area contributed by atoms with E-state index in [0.29, 0.717) is 29.0 Å². The largest absolute Gasteiger partial charge is 0.494 e. The van der Waals surface area contributed by atoms with Crippen molar-refractivity contribution >= 4 is 28.0 Å². The highest BCUT2D eigenvalue weighted by atomic mass is 32.2. The molecule has 0 saturated carbocycles. The number of H-pyrrole nitrogens is 1. The molecule has 0 aliphatic rings. The molecule has 4 aromatic rings. The van der Waals surface area contributed by atoms with Crippen LogP contribution in [0.2, 0.25) is 0 Å². The third-order valence-electron chi connectivity index (χ3n) is 5.45. The van der Waals surface area contributed by atoms with E-state index in [0.717, 1.165) is 42.0 Å². The molecule has 0 bridgehead atoms. The zero-order valence-corrected chi connectivity index (χ0v) is 20.6. The first-order valence-electron chi connectivity index (χ1n) is 11.4. The van der Waals surface area contributed by atoms with Crippen molar-refractivity contribution in [3.05, 3.63) is 72.2 Å². The maximum atomic E-state index is 11.6. The van der Waals surface area contributed by atoms with Gasteiger partial charge in [-0.15, -0.1) is 0 Å². The van der Waals surface area contributed by atoms with Crippen molar-refractivity contribution in [3.8, 4) is 16.9 Å². The second-order valence-corrected chi connectivity index (χ2v) is 9.04. The number of rotatable bonds is 11. The lowest BCUT2D eigenvalue weighted by atomic mass is 10.1. The van der Waals surface area contributed by atoms with Crippen LogP contribution in [0.25, 0.3) is 11.1 Å². The molecular formula is C25H29N7O2S. The van der Waals surface area contributed by atoms with E-state index in [2.05, 4.69) is 25.8 Å². The number of nitrogens with zero attached hydrogens (tertiary/aromatic N) is 3. The van der Waals surface area contributed by atoms with Crippen molar-refractivity contribution in [3.63, 3.8) is 0 Å². The smallest absolute Gasteiger partial charge is 0.229 e. The number of benzene rings is 2. The Kier molecular flexibility index (Phi) is 7.94. The molecule has 1 unspecified atom stereocenters. The molecule has 0 aliphatic carbocycles. The molecule has 2 heterocycles. The minimum Gasteiger partial charge on any atom is -0.494 e. The third kappa shape index (κ3) is 6.36. The highest BCUT2D eigenvalue weighted by Crippen LogP contribution is 2.29. The monoisotopic (exact) mass is 491 g/mol. The first-order chi connectivity index (χ1) is 17.0. The lowest BCUT2D eigenvalue weighted by Gasteiger charge is -2.14. The molecule has 9 nitrogen and oxygen atoms in total. The number of anilines is 3. The molecule has 0 spiro atoms. The van der Waals surface area contributed by atoms with Gasteiger partial charge < -0.3 is 15.4 Å². The predicted molar refractivity (Wildman–Crippen MR) is 139 cm³/mol. The molecule has 0 saturated heterocycles. The van der Waals surface area contributed by atoms with Crippen molar-refractivity contribution in [2.45, 2.75) is 31.6 Å². The average Bonchev–Trinajstić information content (AvgIpc) is 3.27. The number of hydrogen-bond donors (Lipinski definition) is 5. The second-order valence-electron chi connectivity index (χ2n) is 7.93. The molecule has 0 fully saturated rings. The van der Waals surface area contributed by atoms with Gasteiger partial charge in [-0.3, -0.25) is 9.88 Å². The molecule has 4 N–H and O–H groups in total. The predicted octanol–water partition coefficient (Wildman–Crippen LogP) is 4.96. The summed E-state index contributed by atoms with van der Waals surface area (Å²) in [6.45, 7) is 5.31. The number of aryl methyl sites for hydroxylation is 2. The van der Waals surface area contributed by atoms with Gasteiger partial charge in [0.05, 0.1) is 23.4 Å². The number of ether oxygens (including phenoxy) is 1. The summed E-state index contributed by atoms with van der Waals surface area (Å²) in [6, 6.07) is 14.8. The number of hydrogen-bond acceptors (Lipinski definition) is 8. The van der Waals surface area contributed by atoms with Crippen LogP contribution in [0.3, 0.4) is 0 Å². The van der Waals surface area contributed by atoms with Crippen molar-refractivity contribution in [2.75, 3.05) is 23.8 Å². The van der Waals surface area contributed by atoms with Crippen LogP contribution in [0.15, 0.2) is 65.8 Å². The highest BCUT2D eigenvalue weighted by Gasteiger charge is 2.11. The number of nitrogens with one attached hydrogen (secondary N) is 4. The Labute approximate surface area is 206 Å². The van der Waals surface area contributed by atoms with Gasteiger partial charge in [0.25, 0.3) is 0 Å². The molecule has 0 amide bonds. The lowest BCUT2D eigenvalue weighted by Crippen LogP contribution is -2.08. The van der Waals surface area contributed by atoms with Gasteiger partial charge in [0.2, 0.25) is 5.95 Å². The Morgan fingerprint density at radius 3 is 2.69 bits per heavy atom. The summed E-state index contributed by atoms with van der Waals surface area (Å²) in [6.07, 6.45) is 5.46. The van der Waals surface area contributed by atoms with Gasteiger partial charge >= 0.3 is 0 Å². The lowest BCUT2D eigenvalue weighted by molar-refractivity contribution is 0.340. The number of thiol groups is 1. The molecule has 0 radical (unpaired) electrons. The topological polar surface area (TPSA) is 129 Å². The van der Waals surface area contributed by atoms with Crippen LogP contribution in [0.4, 0.5) is 17.5 Å². The Morgan fingerprint density at radius 1 is 1.14 bits per heavy atom. The Hall–Kier alpha value is -3.92. The zero-order valence-electron chi connectivity index (χ0n) is 19.7. The van der Waals surface area contributed by atoms with Gasteiger partial charge in [-0.25, -0.2) is 9.19 Å². The summed E-state index contributed by atoms with van der Waals surface area (Å²) in [7, 11) is -2.17. The maximum Gasteiger partial charge on any atom is 0.229 e. The van der Waals surface area contributed by atoms with Crippen LogP contribution in [-0.2, 0) is 17.0 Å². The molecule has 2 aromatic carbocycles. The van der Waals surface area contributed by atoms with E-state index in [4.69, 9.17) is 14.5 Å². The molecule has 35 heavy (non-hydrogen) atoms. The maximum absolute atomic E-state index is 11.6. The molecule has 10 heteroatoms. The second kappa shape index (κ2) is 11.5. The van der Waals surface area contributed by atoms with E-state index in [9.17, 15) is 4.21 Å². The number of aromatic nitrogens is 4. The quantitative estimate of drug-likeness (QED) is 0.148. The van der Waals surface area contributed by atoms with Crippen LogP contribution >= 0.6 is 0 Å². The van der Waals surface area contributed by atoms with Crippen molar-refractivity contribution in [1.29, 1.82) is 4.78 Å². The van der Waals surface area contributed by atoms with E-state index in [-0.39, 0.29) is 0 Å². The van der Waals surface area contributed by atoms with Crippen LogP contribution in [-0.4, -0.2) is 37.5 Å². The average molecular weight is 492 g/mol. The van der Waals surface area contributed by atoms with Crippen LogP contribution in [0.1, 0.15) is 24.6 Å². The Morgan fingerprint density at radius 2 is 1.97 bits per heavy atom. The van der Waals surface area contributed by atoms with E-state index < -0.39 is 10.6 Å².